The molecule has 6 heteroatoms. The molecule has 1 rings (SSSR count). The lowest BCUT2D eigenvalue weighted by molar-refractivity contribution is 0.322. The molecule has 90 valence electrons. The Hall–Kier alpha value is -1.14. The maximum atomic E-state index is 12.5. The first-order valence-electron chi connectivity index (χ1n) is 4.89. The molecular formula is C10H14FNO3S. The Bertz CT molecular complexity index is 416. The number of sulfonamides is 1. The first-order chi connectivity index (χ1) is 7.53. The van der Waals surface area contributed by atoms with Gasteiger partial charge in [-0.25, -0.2) is 17.5 Å². The van der Waals surface area contributed by atoms with Crippen LogP contribution in [0.25, 0.3) is 0 Å². The molecule has 0 aliphatic rings. The van der Waals surface area contributed by atoms with Crippen molar-refractivity contribution in [3.05, 3.63) is 30.1 Å². The van der Waals surface area contributed by atoms with Crippen LogP contribution in [-0.2, 0) is 10.0 Å². The smallest absolute Gasteiger partial charge is 0.211 e. The fourth-order valence-corrected chi connectivity index (χ4v) is 1.60. The summed E-state index contributed by atoms with van der Waals surface area (Å²) in [5.74, 6) is 0.222. The number of nitrogens with one attached hydrogen (secondary N) is 1. The molecule has 0 aromatic heterocycles. The highest BCUT2D eigenvalue weighted by Gasteiger charge is 2.04. The van der Waals surface area contributed by atoms with Crippen molar-refractivity contribution >= 4 is 10.0 Å². The molecule has 0 saturated heterocycles. The van der Waals surface area contributed by atoms with Gasteiger partial charge < -0.3 is 4.74 Å². The summed E-state index contributed by atoms with van der Waals surface area (Å²) in [6.45, 7) is 1.97. The Labute approximate surface area is 94.5 Å². The lowest BCUT2D eigenvalue weighted by Gasteiger charge is -2.07. The first kappa shape index (κ1) is 12.9. The summed E-state index contributed by atoms with van der Waals surface area (Å²) in [5, 5.41) is 0. The van der Waals surface area contributed by atoms with E-state index in [-0.39, 0.29) is 24.7 Å². The van der Waals surface area contributed by atoms with E-state index in [9.17, 15) is 12.8 Å². The monoisotopic (exact) mass is 247 g/mol. The Morgan fingerprint density at radius 1 is 1.31 bits per heavy atom. The quantitative estimate of drug-likeness (QED) is 0.767. The summed E-state index contributed by atoms with van der Waals surface area (Å²) in [6, 6.07) is 5.55. The van der Waals surface area contributed by atoms with Gasteiger partial charge in [0.15, 0.2) is 0 Å². The molecule has 1 aromatic carbocycles. The second kappa shape index (κ2) is 5.81. The fourth-order valence-electron chi connectivity index (χ4n) is 0.999. The van der Waals surface area contributed by atoms with E-state index in [1.165, 1.54) is 24.3 Å². The predicted octanol–water partition coefficient (Wildman–Crippen LogP) is 1.14. The SMILES string of the molecule is CCS(=O)(=O)NCCOc1ccc(F)cc1. The minimum Gasteiger partial charge on any atom is -0.492 e. The molecule has 0 radical (unpaired) electrons. The van der Waals surface area contributed by atoms with E-state index >= 15 is 0 Å². The molecule has 0 fully saturated rings. The molecule has 0 saturated carbocycles. The number of rotatable bonds is 6. The highest BCUT2D eigenvalue weighted by atomic mass is 32.2. The minimum atomic E-state index is -3.17. The van der Waals surface area contributed by atoms with Crippen LogP contribution in [0.2, 0.25) is 0 Å². The predicted molar refractivity (Wildman–Crippen MR) is 59.4 cm³/mol. The third kappa shape index (κ3) is 4.59. The zero-order valence-corrected chi connectivity index (χ0v) is 9.76. The van der Waals surface area contributed by atoms with Crippen LogP contribution in [0.15, 0.2) is 24.3 Å². The van der Waals surface area contributed by atoms with Gasteiger partial charge in [-0.05, 0) is 31.2 Å². The summed E-state index contributed by atoms with van der Waals surface area (Å²) in [4.78, 5) is 0. The Balaban J connectivity index is 2.29. The van der Waals surface area contributed by atoms with Crippen LogP contribution < -0.4 is 9.46 Å². The molecule has 0 atom stereocenters. The fraction of sp³-hybridized carbons (Fsp3) is 0.400. The van der Waals surface area contributed by atoms with Crippen molar-refractivity contribution in [2.45, 2.75) is 6.92 Å². The summed E-state index contributed by atoms with van der Waals surface area (Å²) in [6.07, 6.45) is 0. The number of hydrogen-bond acceptors (Lipinski definition) is 3. The van der Waals surface area contributed by atoms with Gasteiger partial charge in [-0.2, -0.15) is 0 Å². The van der Waals surface area contributed by atoms with Gasteiger partial charge in [0.1, 0.15) is 18.2 Å². The maximum absolute atomic E-state index is 12.5. The summed E-state index contributed by atoms with van der Waals surface area (Å²) >= 11 is 0. The third-order valence-corrected chi connectivity index (χ3v) is 3.29. The van der Waals surface area contributed by atoms with Gasteiger partial charge in [0.05, 0.1) is 5.75 Å². The molecule has 0 bridgehead atoms. The molecule has 0 heterocycles. The van der Waals surface area contributed by atoms with Gasteiger partial charge in [-0.3, -0.25) is 0 Å². The molecule has 1 N–H and O–H groups in total. The first-order valence-corrected chi connectivity index (χ1v) is 6.54. The second-order valence-corrected chi connectivity index (χ2v) is 5.20. The maximum Gasteiger partial charge on any atom is 0.211 e. The summed E-state index contributed by atoms with van der Waals surface area (Å²) in [5.41, 5.74) is 0. The average Bonchev–Trinajstić information content (AvgIpc) is 2.27. The van der Waals surface area contributed by atoms with Crippen LogP contribution in [0.5, 0.6) is 5.75 Å². The number of hydrogen-bond donors (Lipinski definition) is 1. The van der Waals surface area contributed by atoms with E-state index in [0.29, 0.717) is 5.75 Å². The molecule has 1 aromatic rings. The van der Waals surface area contributed by atoms with Crippen LogP contribution in [0.3, 0.4) is 0 Å². The molecule has 0 aliphatic carbocycles. The Kier molecular flexibility index (Phi) is 4.70. The number of halogens is 1. The number of benzene rings is 1. The lowest BCUT2D eigenvalue weighted by Crippen LogP contribution is -2.29. The van der Waals surface area contributed by atoms with Crippen molar-refractivity contribution in [2.24, 2.45) is 0 Å². The van der Waals surface area contributed by atoms with Crippen LogP contribution in [0, 0.1) is 5.82 Å². The molecule has 0 unspecified atom stereocenters. The van der Waals surface area contributed by atoms with Crippen molar-refractivity contribution < 1.29 is 17.5 Å². The number of ether oxygens (including phenoxy) is 1. The Morgan fingerprint density at radius 3 is 2.50 bits per heavy atom. The van der Waals surface area contributed by atoms with Gasteiger partial charge in [-0.1, -0.05) is 0 Å². The van der Waals surface area contributed by atoms with Crippen molar-refractivity contribution in [2.75, 3.05) is 18.9 Å². The normalized spacial score (nSPS) is 11.4. The van der Waals surface area contributed by atoms with Gasteiger partial charge in [0.25, 0.3) is 0 Å². The van der Waals surface area contributed by atoms with Crippen LogP contribution in [-0.4, -0.2) is 27.3 Å². The van der Waals surface area contributed by atoms with Gasteiger partial charge in [0.2, 0.25) is 10.0 Å². The van der Waals surface area contributed by atoms with E-state index in [4.69, 9.17) is 4.74 Å². The lowest BCUT2D eigenvalue weighted by atomic mass is 10.3. The van der Waals surface area contributed by atoms with Crippen molar-refractivity contribution in [1.82, 2.24) is 4.72 Å². The van der Waals surface area contributed by atoms with Crippen molar-refractivity contribution in [1.29, 1.82) is 0 Å². The van der Waals surface area contributed by atoms with Crippen molar-refractivity contribution in [3.8, 4) is 5.75 Å². The van der Waals surface area contributed by atoms with E-state index in [1.54, 1.807) is 6.92 Å². The van der Waals surface area contributed by atoms with Crippen molar-refractivity contribution in [3.63, 3.8) is 0 Å². The molecular weight excluding hydrogens is 233 g/mol. The van der Waals surface area contributed by atoms with E-state index in [0.717, 1.165) is 0 Å². The van der Waals surface area contributed by atoms with E-state index in [2.05, 4.69) is 4.72 Å². The Morgan fingerprint density at radius 2 is 1.94 bits per heavy atom. The zero-order chi connectivity index (χ0) is 12.0. The topological polar surface area (TPSA) is 55.4 Å². The van der Waals surface area contributed by atoms with Gasteiger partial charge >= 0.3 is 0 Å². The van der Waals surface area contributed by atoms with E-state index < -0.39 is 10.0 Å². The van der Waals surface area contributed by atoms with Gasteiger partial charge in [0, 0.05) is 6.54 Å². The van der Waals surface area contributed by atoms with E-state index in [1.807, 2.05) is 0 Å². The van der Waals surface area contributed by atoms with Crippen LogP contribution in [0.1, 0.15) is 6.92 Å². The highest BCUT2D eigenvalue weighted by molar-refractivity contribution is 7.89. The average molecular weight is 247 g/mol. The minimum absolute atomic E-state index is 0.0452. The largest absolute Gasteiger partial charge is 0.492 e. The zero-order valence-electron chi connectivity index (χ0n) is 8.94. The van der Waals surface area contributed by atoms with Crippen LogP contribution >= 0.6 is 0 Å². The standard InChI is InChI=1S/C10H14FNO3S/c1-2-16(13,14)12-7-8-15-10-5-3-9(11)4-6-10/h3-6,12H,2,7-8H2,1H3. The molecule has 0 amide bonds. The molecule has 0 aliphatic heterocycles. The van der Waals surface area contributed by atoms with Crippen LogP contribution in [0.4, 0.5) is 4.39 Å². The highest BCUT2D eigenvalue weighted by Crippen LogP contribution is 2.10. The summed E-state index contributed by atoms with van der Waals surface area (Å²) in [7, 11) is -3.17. The molecule has 16 heavy (non-hydrogen) atoms. The summed E-state index contributed by atoms with van der Waals surface area (Å²) < 4.78 is 42.2. The second-order valence-electron chi connectivity index (χ2n) is 3.10. The molecule has 0 spiro atoms. The van der Waals surface area contributed by atoms with Gasteiger partial charge in [-0.15, -0.1) is 0 Å². The molecule has 4 nitrogen and oxygen atoms in total. The third-order valence-electron chi connectivity index (χ3n) is 1.89.